The lowest BCUT2D eigenvalue weighted by molar-refractivity contribution is -0.193. The highest BCUT2D eigenvalue weighted by atomic mass is 16.6. The van der Waals surface area contributed by atoms with Gasteiger partial charge < -0.3 is 19.1 Å². The molecule has 1 heterocycles. The van der Waals surface area contributed by atoms with E-state index in [9.17, 15) is 5.11 Å². The van der Waals surface area contributed by atoms with Crippen LogP contribution in [0, 0.1) is 0 Å². The van der Waals surface area contributed by atoms with E-state index in [-0.39, 0.29) is 0 Å². The minimum atomic E-state index is -1.41. The third-order valence-electron chi connectivity index (χ3n) is 4.23. The molecule has 0 radical (unpaired) electrons. The molecular formula is C20H22N2O3. The molecule has 130 valence electrons. The summed E-state index contributed by atoms with van der Waals surface area (Å²) in [6.07, 6.45) is 3.73. The average molecular weight is 338 g/mol. The van der Waals surface area contributed by atoms with E-state index in [2.05, 4.69) is 4.98 Å². The van der Waals surface area contributed by atoms with Crippen molar-refractivity contribution in [1.29, 1.82) is 0 Å². The van der Waals surface area contributed by atoms with Crippen molar-refractivity contribution in [2.24, 2.45) is 7.05 Å². The summed E-state index contributed by atoms with van der Waals surface area (Å²) >= 11 is 0. The lowest BCUT2D eigenvalue weighted by atomic mass is 10.0. The van der Waals surface area contributed by atoms with Gasteiger partial charge >= 0.3 is 0 Å². The summed E-state index contributed by atoms with van der Waals surface area (Å²) in [5.41, 5.74) is 2.66. The van der Waals surface area contributed by atoms with Gasteiger partial charge in [0, 0.05) is 38.0 Å². The van der Waals surface area contributed by atoms with E-state index in [0.717, 1.165) is 17.0 Å². The Morgan fingerprint density at radius 1 is 1.08 bits per heavy atom. The summed E-state index contributed by atoms with van der Waals surface area (Å²) in [5, 5.41) is 10.9. The first kappa shape index (κ1) is 17.2. The Balaban J connectivity index is 1.70. The molecule has 1 aromatic heterocycles. The Morgan fingerprint density at radius 3 is 2.40 bits per heavy atom. The van der Waals surface area contributed by atoms with Gasteiger partial charge in [-0.05, 0) is 29.8 Å². The van der Waals surface area contributed by atoms with Gasteiger partial charge in [-0.3, -0.25) is 0 Å². The zero-order valence-corrected chi connectivity index (χ0v) is 14.4. The molecule has 3 rings (SSSR count). The molecule has 5 nitrogen and oxygen atoms in total. The SMILES string of the molecule is COC(O)(Cc1cncn1C)c1ccc(OCc2ccccc2)cc1. The molecule has 0 aliphatic rings. The fourth-order valence-corrected chi connectivity index (χ4v) is 2.65. The molecule has 5 heteroatoms. The van der Waals surface area contributed by atoms with Crippen LogP contribution in [-0.4, -0.2) is 21.8 Å². The smallest absolute Gasteiger partial charge is 0.197 e. The molecule has 0 spiro atoms. The lowest BCUT2D eigenvalue weighted by Crippen LogP contribution is -2.31. The highest BCUT2D eigenvalue weighted by Crippen LogP contribution is 2.28. The maximum atomic E-state index is 10.9. The van der Waals surface area contributed by atoms with Gasteiger partial charge in [-0.2, -0.15) is 0 Å². The molecule has 2 aromatic carbocycles. The molecule has 0 fully saturated rings. The number of benzene rings is 2. The van der Waals surface area contributed by atoms with E-state index in [1.807, 2.05) is 66.2 Å². The van der Waals surface area contributed by atoms with Crippen LogP contribution in [0.5, 0.6) is 5.75 Å². The first-order valence-electron chi connectivity index (χ1n) is 8.11. The van der Waals surface area contributed by atoms with Crippen molar-refractivity contribution < 1.29 is 14.6 Å². The van der Waals surface area contributed by atoms with Gasteiger partial charge in [0.05, 0.1) is 6.33 Å². The molecule has 0 saturated carbocycles. The molecule has 0 amide bonds. The second-order valence-electron chi connectivity index (χ2n) is 5.96. The molecular weight excluding hydrogens is 316 g/mol. The molecule has 3 aromatic rings. The summed E-state index contributed by atoms with van der Waals surface area (Å²) in [6, 6.07) is 17.3. The van der Waals surface area contributed by atoms with Gasteiger partial charge in [0.25, 0.3) is 0 Å². The van der Waals surface area contributed by atoms with E-state index >= 15 is 0 Å². The molecule has 0 aliphatic carbocycles. The number of aromatic nitrogens is 2. The van der Waals surface area contributed by atoms with Crippen LogP contribution in [0.3, 0.4) is 0 Å². The van der Waals surface area contributed by atoms with Crippen LogP contribution in [-0.2, 0) is 30.6 Å². The lowest BCUT2D eigenvalue weighted by Gasteiger charge is -2.27. The average Bonchev–Trinajstić information content (AvgIpc) is 3.05. The molecule has 1 N–H and O–H groups in total. The number of methoxy groups -OCH3 is 1. The van der Waals surface area contributed by atoms with Crippen LogP contribution in [0.25, 0.3) is 0 Å². The summed E-state index contributed by atoms with van der Waals surface area (Å²) in [6.45, 7) is 0.504. The highest BCUT2D eigenvalue weighted by Gasteiger charge is 2.30. The Morgan fingerprint density at radius 2 is 1.80 bits per heavy atom. The van der Waals surface area contributed by atoms with E-state index < -0.39 is 5.79 Å². The van der Waals surface area contributed by atoms with Crippen molar-refractivity contribution in [2.45, 2.75) is 18.8 Å². The third-order valence-corrected chi connectivity index (χ3v) is 4.23. The largest absolute Gasteiger partial charge is 0.489 e. The molecule has 0 aliphatic heterocycles. The van der Waals surface area contributed by atoms with Gasteiger partial charge in [-0.15, -0.1) is 0 Å². The first-order chi connectivity index (χ1) is 12.1. The molecule has 0 saturated heterocycles. The van der Waals surface area contributed by atoms with Crippen molar-refractivity contribution in [2.75, 3.05) is 7.11 Å². The molecule has 1 atom stereocenters. The fraction of sp³-hybridized carbons (Fsp3) is 0.250. The minimum absolute atomic E-state index is 0.310. The Hall–Kier alpha value is -2.63. The molecule has 0 bridgehead atoms. The number of ether oxygens (including phenoxy) is 2. The summed E-state index contributed by atoms with van der Waals surface area (Å²) in [5.74, 6) is -0.669. The fourth-order valence-electron chi connectivity index (χ4n) is 2.65. The third kappa shape index (κ3) is 4.07. The van der Waals surface area contributed by atoms with Crippen LogP contribution in [0.4, 0.5) is 0 Å². The molecule has 1 unspecified atom stereocenters. The van der Waals surface area contributed by atoms with Gasteiger partial charge in [-0.1, -0.05) is 30.3 Å². The van der Waals surface area contributed by atoms with Crippen molar-refractivity contribution in [1.82, 2.24) is 9.55 Å². The topological polar surface area (TPSA) is 56.5 Å². The van der Waals surface area contributed by atoms with Crippen LogP contribution in [0.15, 0.2) is 67.1 Å². The number of hydrogen-bond donors (Lipinski definition) is 1. The standard InChI is InChI=1S/C20H22N2O3/c1-22-15-21-13-18(22)12-20(23,24-2)17-8-10-19(11-9-17)25-14-16-6-4-3-5-7-16/h3-11,13,15,23H,12,14H2,1-2H3. The van der Waals surface area contributed by atoms with Crippen LogP contribution >= 0.6 is 0 Å². The summed E-state index contributed by atoms with van der Waals surface area (Å²) in [4.78, 5) is 4.08. The second kappa shape index (κ2) is 7.51. The zero-order chi connectivity index (χ0) is 17.7. The highest BCUT2D eigenvalue weighted by molar-refractivity contribution is 5.31. The second-order valence-corrected chi connectivity index (χ2v) is 5.96. The molecule has 25 heavy (non-hydrogen) atoms. The number of hydrogen-bond acceptors (Lipinski definition) is 4. The van der Waals surface area contributed by atoms with Crippen molar-refractivity contribution in [3.05, 3.63) is 83.9 Å². The Kier molecular flexibility index (Phi) is 5.16. The van der Waals surface area contributed by atoms with Crippen LogP contribution < -0.4 is 4.74 Å². The van der Waals surface area contributed by atoms with Crippen molar-refractivity contribution >= 4 is 0 Å². The van der Waals surface area contributed by atoms with Gasteiger partial charge in [-0.25, -0.2) is 4.98 Å². The van der Waals surface area contributed by atoms with Gasteiger partial charge in [0.15, 0.2) is 5.79 Å². The van der Waals surface area contributed by atoms with E-state index in [0.29, 0.717) is 18.6 Å². The van der Waals surface area contributed by atoms with E-state index in [1.165, 1.54) is 7.11 Å². The Labute approximate surface area is 147 Å². The van der Waals surface area contributed by atoms with Crippen LogP contribution in [0.1, 0.15) is 16.8 Å². The predicted octanol–water partition coefficient (Wildman–Crippen LogP) is 3.03. The van der Waals surface area contributed by atoms with Gasteiger partial charge in [0.2, 0.25) is 0 Å². The van der Waals surface area contributed by atoms with Crippen LogP contribution in [0.2, 0.25) is 0 Å². The van der Waals surface area contributed by atoms with E-state index in [4.69, 9.17) is 9.47 Å². The maximum Gasteiger partial charge on any atom is 0.197 e. The monoisotopic (exact) mass is 338 g/mol. The Bertz CT molecular complexity index is 799. The van der Waals surface area contributed by atoms with Crippen molar-refractivity contribution in [3.63, 3.8) is 0 Å². The van der Waals surface area contributed by atoms with Crippen molar-refractivity contribution in [3.8, 4) is 5.75 Å². The number of aryl methyl sites for hydroxylation is 1. The normalized spacial score (nSPS) is 13.4. The quantitative estimate of drug-likeness (QED) is 0.673. The first-order valence-corrected chi connectivity index (χ1v) is 8.11. The summed E-state index contributed by atoms with van der Waals surface area (Å²) in [7, 11) is 3.38. The number of aliphatic hydroxyl groups is 1. The van der Waals surface area contributed by atoms with E-state index in [1.54, 1.807) is 12.5 Å². The maximum absolute atomic E-state index is 10.9. The number of imidazole rings is 1. The zero-order valence-electron chi connectivity index (χ0n) is 14.4. The predicted molar refractivity (Wildman–Crippen MR) is 95.0 cm³/mol. The van der Waals surface area contributed by atoms with Gasteiger partial charge in [0.1, 0.15) is 12.4 Å². The number of nitrogens with zero attached hydrogens (tertiary/aromatic N) is 2. The summed E-state index contributed by atoms with van der Waals surface area (Å²) < 4.78 is 13.0. The number of rotatable bonds is 7. The minimum Gasteiger partial charge on any atom is -0.489 e.